The predicted octanol–water partition coefficient (Wildman–Crippen LogP) is 1.40. The first-order valence-corrected chi connectivity index (χ1v) is 8.54. The summed E-state index contributed by atoms with van der Waals surface area (Å²) in [6, 6.07) is 3.68. The zero-order chi connectivity index (χ0) is 15.2. The van der Waals surface area contributed by atoms with Gasteiger partial charge in [0.25, 0.3) is 0 Å². The average molecular weight is 299 g/mol. The van der Waals surface area contributed by atoms with E-state index in [4.69, 9.17) is 5.73 Å². The second kappa shape index (κ2) is 7.15. The number of hydrogen-bond acceptors (Lipinski definition) is 4. The molecule has 0 radical (unpaired) electrons. The number of rotatable bonds is 8. The molecule has 20 heavy (non-hydrogen) atoms. The van der Waals surface area contributed by atoms with Crippen molar-refractivity contribution in [1.29, 1.82) is 0 Å². The van der Waals surface area contributed by atoms with Crippen LogP contribution in [0.25, 0.3) is 0 Å². The molecule has 6 heteroatoms. The van der Waals surface area contributed by atoms with Crippen LogP contribution in [-0.4, -0.2) is 42.1 Å². The number of aromatic nitrogens is 1. The Bertz CT molecular complexity index is 500. The van der Waals surface area contributed by atoms with Gasteiger partial charge in [0.1, 0.15) is 0 Å². The molecule has 0 atom stereocenters. The first-order chi connectivity index (χ1) is 9.33. The fraction of sp³-hybridized carbons (Fsp3) is 0.643. The summed E-state index contributed by atoms with van der Waals surface area (Å²) >= 11 is 0. The maximum absolute atomic E-state index is 12.6. The summed E-state index contributed by atoms with van der Waals surface area (Å²) in [5.74, 6) is 0.0977. The smallest absolute Gasteiger partial charge is 0.214 e. The average Bonchev–Trinajstić information content (AvgIpc) is 2.43. The van der Waals surface area contributed by atoms with E-state index in [1.54, 1.807) is 16.7 Å². The Morgan fingerprint density at radius 2 is 1.90 bits per heavy atom. The highest BCUT2D eigenvalue weighted by Gasteiger charge is 2.34. The van der Waals surface area contributed by atoms with Gasteiger partial charge in [0, 0.05) is 31.0 Å². The lowest BCUT2D eigenvalue weighted by Gasteiger charge is -2.36. The van der Waals surface area contributed by atoms with Gasteiger partial charge in [-0.05, 0) is 44.4 Å². The standard InChI is InChI=1S/C14H25N3O2S/c1-4-10-17(14(2,3)12-15)20(18,19)11-7-13-5-8-16-9-6-13/h5-6,8-9H,4,7,10-12,15H2,1-3H3. The van der Waals surface area contributed by atoms with Gasteiger partial charge in [0.05, 0.1) is 5.75 Å². The van der Waals surface area contributed by atoms with Crippen molar-refractivity contribution in [3.05, 3.63) is 30.1 Å². The van der Waals surface area contributed by atoms with Crippen LogP contribution in [0.5, 0.6) is 0 Å². The Morgan fingerprint density at radius 3 is 2.40 bits per heavy atom. The topological polar surface area (TPSA) is 76.3 Å². The highest BCUT2D eigenvalue weighted by atomic mass is 32.2. The third kappa shape index (κ3) is 4.54. The van der Waals surface area contributed by atoms with Crippen LogP contribution in [0.2, 0.25) is 0 Å². The number of pyridine rings is 1. The minimum absolute atomic E-state index is 0.0977. The number of hydrogen-bond donors (Lipinski definition) is 1. The summed E-state index contributed by atoms with van der Waals surface area (Å²) in [6.45, 7) is 6.52. The van der Waals surface area contributed by atoms with Crippen molar-refractivity contribution in [3.8, 4) is 0 Å². The van der Waals surface area contributed by atoms with Gasteiger partial charge >= 0.3 is 0 Å². The summed E-state index contributed by atoms with van der Waals surface area (Å²) in [7, 11) is -3.32. The lowest BCUT2D eigenvalue weighted by Crippen LogP contribution is -2.53. The molecule has 1 aromatic heterocycles. The van der Waals surface area contributed by atoms with Crippen molar-refractivity contribution >= 4 is 10.0 Å². The lowest BCUT2D eigenvalue weighted by molar-refractivity contribution is 0.235. The molecule has 1 aromatic rings. The monoisotopic (exact) mass is 299 g/mol. The third-order valence-electron chi connectivity index (χ3n) is 3.34. The van der Waals surface area contributed by atoms with Crippen LogP contribution in [0.1, 0.15) is 32.8 Å². The Balaban J connectivity index is 2.83. The van der Waals surface area contributed by atoms with Gasteiger partial charge in [0.15, 0.2) is 0 Å². The largest absolute Gasteiger partial charge is 0.329 e. The highest BCUT2D eigenvalue weighted by Crippen LogP contribution is 2.19. The molecule has 0 aliphatic rings. The molecular formula is C14H25N3O2S. The maximum atomic E-state index is 12.6. The van der Waals surface area contributed by atoms with Crippen LogP contribution >= 0.6 is 0 Å². The molecule has 2 N–H and O–H groups in total. The van der Waals surface area contributed by atoms with Gasteiger partial charge in [-0.1, -0.05) is 6.92 Å². The summed E-state index contributed by atoms with van der Waals surface area (Å²) in [5.41, 5.74) is 6.16. The van der Waals surface area contributed by atoms with Gasteiger partial charge in [-0.15, -0.1) is 0 Å². The van der Waals surface area contributed by atoms with E-state index in [-0.39, 0.29) is 5.75 Å². The van der Waals surface area contributed by atoms with E-state index in [0.717, 1.165) is 12.0 Å². The normalized spacial score (nSPS) is 12.8. The van der Waals surface area contributed by atoms with Crippen molar-refractivity contribution in [2.24, 2.45) is 5.73 Å². The molecule has 0 unspecified atom stereocenters. The van der Waals surface area contributed by atoms with E-state index in [9.17, 15) is 8.42 Å². The molecule has 0 saturated carbocycles. The Morgan fingerprint density at radius 1 is 1.30 bits per heavy atom. The van der Waals surface area contributed by atoms with Crippen LogP contribution in [0, 0.1) is 0 Å². The first kappa shape index (κ1) is 17.1. The Labute approximate surface area is 122 Å². The fourth-order valence-corrected chi connectivity index (χ4v) is 4.03. The van der Waals surface area contributed by atoms with E-state index in [0.29, 0.717) is 19.5 Å². The fourth-order valence-electron chi connectivity index (χ4n) is 2.03. The van der Waals surface area contributed by atoms with Crippen molar-refractivity contribution in [2.75, 3.05) is 18.8 Å². The maximum Gasteiger partial charge on any atom is 0.214 e. The molecule has 0 aliphatic heterocycles. The summed E-state index contributed by atoms with van der Waals surface area (Å²) in [5, 5.41) is 0. The molecule has 0 spiro atoms. The zero-order valence-electron chi connectivity index (χ0n) is 12.5. The van der Waals surface area contributed by atoms with E-state index in [1.807, 2.05) is 32.9 Å². The van der Waals surface area contributed by atoms with Crippen molar-refractivity contribution in [2.45, 2.75) is 39.2 Å². The van der Waals surface area contributed by atoms with E-state index < -0.39 is 15.6 Å². The minimum atomic E-state index is -3.32. The molecule has 0 saturated heterocycles. The van der Waals surface area contributed by atoms with E-state index in [2.05, 4.69) is 4.98 Å². The minimum Gasteiger partial charge on any atom is -0.329 e. The van der Waals surface area contributed by atoms with Gasteiger partial charge in [-0.25, -0.2) is 8.42 Å². The van der Waals surface area contributed by atoms with Crippen LogP contribution in [0.15, 0.2) is 24.5 Å². The number of sulfonamides is 1. The van der Waals surface area contributed by atoms with Crippen LogP contribution in [-0.2, 0) is 16.4 Å². The molecule has 114 valence electrons. The number of nitrogens with zero attached hydrogens (tertiary/aromatic N) is 2. The summed E-state index contributed by atoms with van der Waals surface area (Å²) in [6.07, 6.45) is 4.62. The molecule has 1 rings (SSSR count). The lowest BCUT2D eigenvalue weighted by atomic mass is 10.1. The zero-order valence-corrected chi connectivity index (χ0v) is 13.4. The molecule has 0 amide bonds. The van der Waals surface area contributed by atoms with Gasteiger partial charge in [-0.2, -0.15) is 4.31 Å². The van der Waals surface area contributed by atoms with E-state index >= 15 is 0 Å². The molecule has 5 nitrogen and oxygen atoms in total. The summed E-state index contributed by atoms with van der Waals surface area (Å²) < 4.78 is 26.7. The second-order valence-electron chi connectivity index (χ2n) is 5.51. The Hall–Kier alpha value is -0.980. The van der Waals surface area contributed by atoms with Gasteiger partial charge < -0.3 is 5.73 Å². The third-order valence-corrected chi connectivity index (χ3v) is 5.40. The molecule has 0 bridgehead atoms. The predicted molar refractivity (Wildman–Crippen MR) is 81.9 cm³/mol. The van der Waals surface area contributed by atoms with Crippen molar-refractivity contribution in [1.82, 2.24) is 9.29 Å². The SMILES string of the molecule is CCCN(C(C)(C)CN)S(=O)(=O)CCc1ccncc1. The van der Waals surface area contributed by atoms with E-state index in [1.165, 1.54) is 0 Å². The van der Waals surface area contributed by atoms with Gasteiger partial charge in [0.2, 0.25) is 10.0 Å². The number of nitrogens with two attached hydrogens (primary N) is 1. The number of aryl methyl sites for hydroxylation is 1. The molecule has 0 aliphatic carbocycles. The molecule has 1 heterocycles. The molecule has 0 fully saturated rings. The Kier molecular flexibility index (Phi) is 6.10. The first-order valence-electron chi connectivity index (χ1n) is 6.93. The van der Waals surface area contributed by atoms with Crippen LogP contribution < -0.4 is 5.73 Å². The molecular weight excluding hydrogens is 274 g/mol. The second-order valence-corrected chi connectivity index (χ2v) is 7.52. The quantitative estimate of drug-likeness (QED) is 0.787. The van der Waals surface area contributed by atoms with Crippen molar-refractivity contribution < 1.29 is 8.42 Å². The van der Waals surface area contributed by atoms with Crippen LogP contribution in [0.3, 0.4) is 0 Å². The van der Waals surface area contributed by atoms with Crippen LogP contribution in [0.4, 0.5) is 0 Å². The summed E-state index contributed by atoms with van der Waals surface area (Å²) in [4.78, 5) is 3.93. The van der Waals surface area contributed by atoms with Gasteiger partial charge in [-0.3, -0.25) is 4.98 Å². The molecule has 0 aromatic carbocycles. The highest BCUT2D eigenvalue weighted by molar-refractivity contribution is 7.89. The van der Waals surface area contributed by atoms with Crippen molar-refractivity contribution in [3.63, 3.8) is 0 Å².